The van der Waals surface area contributed by atoms with Crippen LogP contribution in [0.2, 0.25) is 0 Å². The van der Waals surface area contributed by atoms with Crippen LogP contribution in [0.4, 0.5) is 4.39 Å². The van der Waals surface area contributed by atoms with E-state index >= 15 is 0 Å². The molecule has 1 saturated heterocycles. The second kappa shape index (κ2) is 5.68. The Kier molecular flexibility index (Phi) is 3.49. The average molecular weight is 331 g/mol. The van der Waals surface area contributed by atoms with E-state index in [2.05, 4.69) is 20.0 Å². The number of aromatic nitrogens is 3. The molecule has 0 radical (unpaired) electrons. The van der Waals surface area contributed by atoms with Gasteiger partial charge in [0.1, 0.15) is 11.3 Å². The Balaban J connectivity index is 1.56. The monoisotopic (exact) mass is 331 g/mol. The van der Waals surface area contributed by atoms with E-state index in [1.54, 1.807) is 6.07 Å². The van der Waals surface area contributed by atoms with Gasteiger partial charge in [-0.25, -0.2) is 9.37 Å². The smallest absolute Gasteiger partial charge is 0.290 e. The largest absolute Gasteiger partial charge is 0.439 e. The molecule has 24 heavy (non-hydrogen) atoms. The normalized spacial score (nSPS) is 18.5. The predicted molar refractivity (Wildman–Crippen MR) is 79.2 cm³/mol. The Hall–Kier alpha value is -2.81. The van der Waals surface area contributed by atoms with Crippen LogP contribution in [0.1, 0.15) is 41.3 Å². The summed E-state index contributed by atoms with van der Waals surface area (Å²) in [5.41, 5.74) is 6.17. The molecule has 1 atom stereocenters. The fourth-order valence-electron chi connectivity index (χ4n) is 2.96. The topological polar surface area (TPSA) is 111 Å². The van der Waals surface area contributed by atoms with E-state index in [1.807, 2.05) is 0 Å². The third-order valence-corrected chi connectivity index (χ3v) is 4.04. The molecule has 8 nitrogen and oxygen atoms in total. The quantitative estimate of drug-likeness (QED) is 0.775. The van der Waals surface area contributed by atoms with Gasteiger partial charge in [-0.3, -0.25) is 9.69 Å². The fraction of sp³-hybridized carbons (Fsp3) is 0.333. The minimum absolute atomic E-state index is 0.127. The zero-order valence-electron chi connectivity index (χ0n) is 12.6. The third-order valence-electron chi connectivity index (χ3n) is 4.04. The van der Waals surface area contributed by atoms with Crippen LogP contribution in [0, 0.1) is 5.82 Å². The van der Waals surface area contributed by atoms with Crippen molar-refractivity contribution in [1.29, 1.82) is 0 Å². The van der Waals surface area contributed by atoms with Gasteiger partial charge in [-0.15, -0.1) is 0 Å². The average Bonchev–Trinajstić information content (AvgIpc) is 3.24. The van der Waals surface area contributed by atoms with Crippen molar-refractivity contribution in [3.8, 4) is 0 Å². The van der Waals surface area contributed by atoms with Crippen LogP contribution >= 0.6 is 0 Å². The highest BCUT2D eigenvalue weighted by atomic mass is 19.1. The first-order valence-electron chi connectivity index (χ1n) is 7.52. The van der Waals surface area contributed by atoms with E-state index in [9.17, 15) is 9.18 Å². The standard InChI is InChI=1S/C15H14FN5O3/c16-8-3-4-11-9(6-8)18-12(23-11)7-21-5-1-2-10(21)15-19-14(13(17)22)20-24-15/h3-4,6,10H,1-2,5,7H2,(H2,17,22). The van der Waals surface area contributed by atoms with E-state index in [-0.39, 0.29) is 17.7 Å². The summed E-state index contributed by atoms with van der Waals surface area (Å²) in [4.78, 5) is 21.5. The maximum Gasteiger partial charge on any atom is 0.290 e. The molecule has 1 fully saturated rings. The first kappa shape index (κ1) is 14.8. The Morgan fingerprint density at radius 3 is 3.08 bits per heavy atom. The zero-order chi connectivity index (χ0) is 16.7. The third kappa shape index (κ3) is 2.62. The minimum Gasteiger partial charge on any atom is -0.439 e. The summed E-state index contributed by atoms with van der Waals surface area (Å²) in [6, 6.07) is 4.10. The van der Waals surface area contributed by atoms with Gasteiger partial charge in [0.15, 0.2) is 5.58 Å². The van der Waals surface area contributed by atoms with Gasteiger partial charge in [-0.05, 0) is 31.5 Å². The molecule has 0 spiro atoms. The molecule has 2 aromatic heterocycles. The van der Waals surface area contributed by atoms with Crippen LogP contribution in [-0.4, -0.2) is 32.5 Å². The van der Waals surface area contributed by atoms with Crippen molar-refractivity contribution in [1.82, 2.24) is 20.0 Å². The van der Waals surface area contributed by atoms with Crippen molar-refractivity contribution < 1.29 is 18.1 Å². The number of rotatable bonds is 4. The number of oxazole rings is 1. The molecule has 3 aromatic rings. The molecule has 4 rings (SSSR count). The van der Waals surface area contributed by atoms with Crippen LogP contribution in [0.15, 0.2) is 27.1 Å². The predicted octanol–water partition coefficient (Wildman–Crippen LogP) is 1.79. The molecule has 1 aromatic carbocycles. The van der Waals surface area contributed by atoms with Crippen LogP contribution in [-0.2, 0) is 6.54 Å². The van der Waals surface area contributed by atoms with Crippen molar-refractivity contribution in [2.24, 2.45) is 5.73 Å². The van der Waals surface area contributed by atoms with E-state index in [1.165, 1.54) is 12.1 Å². The van der Waals surface area contributed by atoms with E-state index in [0.29, 0.717) is 29.4 Å². The van der Waals surface area contributed by atoms with Crippen molar-refractivity contribution in [3.05, 3.63) is 41.6 Å². The number of hydrogen-bond donors (Lipinski definition) is 1. The molecule has 2 N–H and O–H groups in total. The van der Waals surface area contributed by atoms with Gasteiger partial charge in [0.25, 0.3) is 11.7 Å². The number of benzene rings is 1. The molecule has 124 valence electrons. The summed E-state index contributed by atoms with van der Waals surface area (Å²) in [5.74, 6) is -0.378. The lowest BCUT2D eigenvalue weighted by Gasteiger charge is -2.19. The van der Waals surface area contributed by atoms with Crippen LogP contribution in [0.5, 0.6) is 0 Å². The Morgan fingerprint density at radius 1 is 1.42 bits per heavy atom. The maximum absolute atomic E-state index is 13.2. The van der Waals surface area contributed by atoms with E-state index in [0.717, 1.165) is 19.4 Å². The van der Waals surface area contributed by atoms with E-state index in [4.69, 9.17) is 14.7 Å². The molecule has 0 aliphatic carbocycles. The van der Waals surface area contributed by atoms with Crippen LogP contribution in [0.25, 0.3) is 11.1 Å². The molecule has 1 amide bonds. The van der Waals surface area contributed by atoms with Crippen molar-refractivity contribution in [2.45, 2.75) is 25.4 Å². The molecule has 1 unspecified atom stereocenters. The fourth-order valence-corrected chi connectivity index (χ4v) is 2.96. The molecule has 1 aliphatic heterocycles. The SMILES string of the molecule is NC(=O)c1noc(C2CCCN2Cc2nc3cc(F)ccc3o2)n1. The molecule has 1 aliphatic rings. The zero-order valence-corrected chi connectivity index (χ0v) is 12.6. The van der Waals surface area contributed by atoms with Crippen molar-refractivity contribution >= 4 is 17.0 Å². The lowest BCUT2D eigenvalue weighted by atomic mass is 10.2. The van der Waals surface area contributed by atoms with Gasteiger partial charge < -0.3 is 14.7 Å². The second-order valence-electron chi connectivity index (χ2n) is 5.67. The summed E-state index contributed by atoms with van der Waals surface area (Å²) in [6.45, 7) is 1.22. The Bertz CT molecular complexity index is 906. The highest BCUT2D eigenvalue weighted by Crippen LogP contribution is 2.32. The molecule has 0 bridgehead atoms. The van der Waals surface area contributed by atoms with Crippen LogP contribution < -0.4 is 5.73 Å². The summed E-state index contributed by atoms with van der Waals surface area (Å²) >= 11 is 0. The number of carbonyl (C=O) groups is 1. The molecule has 3 heterocycles. The van der Waals surface area contributed by atoms with Gasteiger partial charge in [0.2, 0.25) is 11.8 Å². The maximum atomic E-state index is 13.2. The summed E-state index contributed by atoms with van der Waals surface area (Å²) in [5, 5.41) is 3.58. The van der Waals surface area contributed by atoms with Gasteiger partial charge >= 0.3 is 0 Å². The van der Waals surface area contributed by atoms with Gasteiger partial charge in [0, 0.05) is 6.07 Å². The number of halogens is 1. The Labute approximate surface area is 135 Å². The highest BCUT2D eigenvalue weighted by molar-refractivity contribution is 5.88. The lowest BCUT2D eigenvalue weighted by molar-refractivity contribution is 0.0987. The molecular formula is C15H14FN5O3. The molecular weight excluding hydrogens is 317 g/mol. The molecule has 9 heteroatoms. The Morgan fingerprint density at radius 2 is 2.29 bits per heavy atom. The summed E-state index contributed by atoms with van der Waals surface area (Å²) in [6.07, 6.45) is 1.75. The number of fused-ring (bicyclic) bond motifs is 1. The highest BCUT2D eigenvalue weighted by Gasteiger charge is 2.32. The van der Waals surface area contributed by atoms with Gasteiger partial charge in [-0.1, -0.05) is 5.16 Å². The number of nitrogens with two attached hydrogens (primary N) is 1. The van der Waals surface area contributed by atoms with E-state index < -0.39 is 5.91 Å². The van der Waals surface area contributed by atoms with Gasteiger partial charge in [-0.2, -0.15) is 4.98 Å². The van der Waals surface area contributed by atoms with Gasteiger partial charge in [0.05, 0.1) is 12.6 Å². The number of primary amides is 1. The van der Waals surface area contributed by atoms with Crippen molar-refractivity contribution in [3.63, 3.8) is 0 Å². The minimum atomic E-state index is -0.726. The van der Waals surface area contributed by atoms with Crippen LogP contribution in [0.3, 0.4) is 0 Å². The van der Waals surface area contributed by atoms with Crippen molar-refractivity contribution in [2.75, 3.05) is 6.54 Å². The first-order valence-corrected chi connectivity index (χ1v) is 7.52. The number of likely N-dealkylation sites (tertiary alicyclic amines) is 1. The summed E-state index contributed by atoms with van der Waals surface area (Å²) in [7, 11) is 0. The molecule has 0 saturated carbocycles. The summed E-state index contributed by atoms with van der Waals surface area (Å²) < 4.78 is 24.0. The number of nitrogens with zero attached hydrogens (tertiary/aromatic N) is 4. The lowest BCUT2D eigenvalue weighted by Crippen LogP contribution is -2.23. The number of amides is 1. The number of hydrogen-bond acceptors (Lipinski definition) is 7. The first-order chi connectivity index (χ1) is 11.6. The second-order valence-corrected chi connectivity index (χ2v) is 5.67. The number of carbonyl (C=O) groups excluding carboxylic acids is 1.